The molecule has 1 fully saturated rings. The Kier molecular flexibility index (Phi) is 4.61. The van der Waals surface area contributed by atoms with Crippen LogP contribution in [0.25, 0.3) is 0 Å². The lowest BCUT2D eigenvalue weighted by Crippen LogP contribution is -2.43. The molecule has 0 N–H and O–H groups in total. The SMILES string of the molecule is COC(=O)C1CCCN(C(=O)c2snnc2C(C)(C)C)C1. The van der Waals surface area contributed by atoms with E-state index < -0.39 is 0 Å². The number of carbonyl (C=O) groups excluding carboxylic acids is 2. The van der Waals surface area contributed by atoms with Crippen molar-refractivity contribution in [1.82, 2.24) is 14.5 Å². The van der Waals surface area contributed by atoms with Crippen LogP contribution in [0.15, 0.2) is 0 Å². The van der Waals surface area contributed by atoms with Crippen molar-refractivity contribution in [1.29, 1.82) is 0 Å². The van der Waals surface area contributed by atoms with Crippen molar-refractivity contribution in [3.05, 3.63) is 10.6 Å². The van der Waals surface area contributed by atoms with E-state index in [9.17, 15) is 9.59 Å². The Morgan fingerprint density at radius 1 is 1.38 bits per heavy atom. The summed E-state index contributed by atoms with van der Waals surface area (Å²) in [5.74, 6) is -0.554. The average Bonchev–Trinajstić information content (AvgIpc) is 2.95. The summed E-state index contributed by atoms with van der Waals surface area (Å²) < 4.78 is 8.71. The van der Waals surface area contributed by atoms with Gasteiger partial charge in [-0.05, 0) is 24.4 Å². The number of amides is 1. The summed E-state index contributed by atoms with van der Waals surface area (Å²) in [7, 11) is 1.38. The Labute approximate surface area is 128 Å². The molecule has 1 saturated heterocycles. The van der Waals surface area contributed by atoms with Crippen LogP contribution in [-0.2, 0) is 14.9 Å². The van der Waals surface area contributed by atoms with Crippen molar-refractivity contribution in [3.8, 4) is 0 Å². The molecular formula is C14H21N3O3S. The summed E-state index contributed by atoms with van der Waals surface area (Å²) in [6.45, 7) is 7.09. The Bertz CT molecular complexity index is 536. The van der Waals surface area contributed by atoms with Crippen LogP contribution in [0.5, 0.6) is 0 Å². The van der Waals surface area contributed by atoms with E-state index >= 15 is 0 Å². The van der Waals surface area contributed by atoms with E-state index in [1.54, 1.807) is 4.90 Å². The number of carbonyl (C=O) groups is 2. The van der Waals surface area contributed by atoms with Crippen LogP contribution < -0.4 is 0 Å². The fourth-order valence-corrected chi connectivity index (χ4v) is 3.33. The highest BCUT2D eigenvalue weighted by Gasteiger charge is 2.33. The number of hydrogen-bond donors (Lipinski definition) is 0. The molecule has 116 valence electrons. The first-order valence-electron chi connectivity index (χ1n) is 7.04. The number of likely N-dealkylation sites (tertiary alicyclic amines) is 1. The zero-order chi connectivity index (χ0) is 15.6. The average molecular weight is 311 g/mol. The molecule has 6 nitrogen and oxygen atoms in total. The van der Waals surface area contributed by atoms with Gasteiger partial charge in [0.1, 0.15) is 4.88 Å². The summed E-state index contributed by atoms with van der Waals surface area (Å²) in [5.41, 5.74) is 0.493. The summed E-state index contributed by atoms with van der Waals surface area (Å²) in [4.78, 5) is 26.6. The van der Waals surface area contributed by atoms with Gasteiger partial charge in [-0.2, -0.15) is 0 Å². The van der Waals surface area contributed by atoms with E-state index in [4.69, 9.17) is 4.74 Å². The Balaban J connectivity index is 2.17. The maximum atomic E-state index is 12.7. The molecule has 0 aliphatic carbocycles. The Morgan fingerprint density at radius 3 is 2.71 bits per heavy atom. The van der Waals surface area contributed by atoms with Gasteiger partial charge in [-0.15, -0.1) is 5.10 Å². The molecule has 0 radical (unpaired) electrons. The molecule has 1 amide bonds. The van der Waals surface area contributed by atoms with Crippen LogP contribution in [0.2, 0.25) is 0 Å². The number of esters is 1. The summed E-state index contributed by atoms with van der Waals surface area (Å²) in [6.07, 6.45) is 1.58. The van der Waals surface area contributed by atoms with Crippen LogP contribution in [0, 0.1) is 5.92 Å². The molecule has 7 heteroatoms. The zero-order valence-electron chi connectivity index (χ0n) is 12.9. The van der Waals surface area contributed by atoms with Gasteiger partial charge in [0.05, 0.1) is 18.7 Å². The monoisotopic (exact) mass is 311 g/mol. The predicted molar refractivity (Wildman–Crippen MR) is 79.3 cm³/mol. The van der Waals surface area contributed by atoms with Gasteiger partial charge in [-0.1, -0.05) is 25.3 Å². The van der Waals surface area contributed by atoms with Gasteiger partial charge in [0.25, 0.3) is 5.91 Å². The first-order chi connectivity index (χ1) is 9.84. The molecule has 21 heavy (non-hydrogen) atoms. The Hall–Kier alpha value is -1.50. The number of piperidine rings is 1. The summed E-state index contributed by atoms with van der Waals surface area (Å²) in [6, 6.07) is 0. The molecule has 1 unspecified atom stereocenters. The smallest absolute Gasteiger partial charge is 0.310 e. The minimum Gasteiger partial charge on any atom is -0.469 e. The van der Waals surface area contributed by atoms with E-state index in [1.807, 2.05) is 20.8 Å². The lowest BCUT2D eigenvalue weighted by molar-refractivity contribution is -0.146. The molecule has 2 rings (SSSR count). The third kappa shape index (κ3) is 3.40. The first-order valence-corrected chi connectivity index (χ1v) is 7.82. The number of nitrogens with zero attached hydrogens (tertiary/aromatic N) is 3. The van der Waals surface area contributed by atoms with E-state index in [-0.39, 0.29) is 23.2 Å². The minimum atomic E-state index is -0.244. The molecular weight excluding hydrogens is 290 g/mol. The second kappa shape index (κ2) is 6.09. The lowest BCUT2D eigenvalue weighted by atomic mass is 9.91. The van der Waals surface area contributed by atoms with E-state index in [2.05, 4.69) is 9.59 Å². The number of ether oxygens (including phenoxy) is 1. The van der Waals surface area contributed by atoms with E-state index in [0.29, 0.717) is 18.0 Å². The zero-order valence-corrected chi connectivity index (χ0v) is 13.7. The number of aromatic nitrogens is 2. The molecule has 1 aromatic heterocycles. The van der Waals surface area contributed by atoms with Gasteiger partial charge >= 0.3 is 5.97 Å². The standard InChI is InChI=1S/C14H21N3O3S/c1-14(2,3)11-10(21-16-15-11)12(18)17-7-5-6-9(8-17)13(19)20-4/h9H,5-8H2,1-4H3. The first kappa shape index (κ1) is 15.9. The number of methoxy groups -OCH3 is 1. The molecule has 1 aliphatic rings. The van der Waals surface area contributed by atoms with Gasteiger partial charge < -0.3 is 9.64 Å². The predicted octanol–water partition coefficient (Wildman–Crippen LogP) is 1.86. The second-order valence-electron chi connectivity index (χ2n) is 6.31. The molecule has 2 heterocycles. The van der Waals surface area contributed by atoms with Crippen LogP contribution in [-0.4, -0.2) is 46.6 Å². The van der Waals surface area contributed by atoms with Crippen molar-refractivity contribution in [3.63, 3.8) is 0 Å². The van der Waals surface area contributed by atoms with Crippen LogP contribution >= 0.6 is 11.5 Å². The van der Waals surface area contributed by atoms with Crippen LogP contribution in [0.1, 0.15) is 49.0 Å². The van der Waals surface area contributed by atoms with Crippen molar-refractivity contribution in [2.24, 2.45) is 5.92 Å². The maximum Gasteiger partial charge on any atom is 0.310 e. The summed E-state index contributed by atoms with van der Waals surface area (Å²) >= 11 is 1.13. The molecule has 1 atom stereocenters. The molecule has 0 aromatic carbocycles. The molecule has 1 aliphatic heterocycles. The highest BCUT2D eigenvalue weighted by molar-refractivity contribution is 7.08. The fourth-order valence-electron chi connectivity index (χ4n) is 2.49. The summed E-state index contributed by atoms with van der Waals surface area (Å²) in [5, 5.41) is 4.10. The quantitative estimate of drug-likeness (QED) is 0.780. The second-order valence-corrected chi connectivity index (χ2v) is 7.07. The fraction of sp³-hybridized carbons (Fsp3) is 0.714. The van der Waals surface area contributed by atoms with E-state index in [1.165, 1.54) is 7.11 Å². The van der Waals surface area contributed by atoms with Crippen molar-refractivity contribution >= 4 is 23.4 Å². The van der Waals surface area contributed by atoms with Gasteiger partial charge in [-0.25, -0.2) is 0 Å². The largest absolute Gasteiger partial charge is 0.469 e. The van der Waals surface area contributed by atoms with Gasteiger partial charge in [0.2, 0.25) is 0 Å². The van der Waals surface area contributed by atoms with Gasteiger partial charge in [-0.3, -0.25) is 9.59 Å². The van der Waals surface area contributed by atoms with Crippen molar-refractivity contribution in [2.75, 3.05) is 20.2 Å². The topological polar surface area (TPSA) is 72.4 Å². The number of rotatable bonds is 2. The van der Waals surface area contributed by atoms with Gasteiger partial charge in [0, 0.05) is 18.5 Å². The van der Waals surface area contributed by atoms with Crippen molar-refractivity contribution < 1.29 is 14.3 Å². The van der Waals surface area contributed by atoms with Crippen LogP contribution in [0.3, 0.4) is 0 Å². The van der Waals surface area contributed by atoms with Gasteiger partial charge in [0.15, 0.2) is 0 Å². The lowest BCUT2D eigenvalue weighted by Gasteiger charge is -2.31. The normalized spacial score (nSPS) is 19.4. The highest BCUT2D eigenvalue weighted by Crippen LogP contribution is 2.28. The van der Waals surface area contributed by atoms with Crippen LogP contribution in [0.4, 0.5) is 0 Å². The maximum absolute atomic E-state index is 12.7. The molecule has 1 aromatic rings. The third-order valence-electron chi connectivity index (χ3n) is 3.64. The molecule has 0 bridgehead atoms. The van der Waals surface area contributed by atoms with E-state index in [0.717, 1.165) is 30.1 Å². The number of hydrogen-bond acceptors (Lipinski definition) is 6. The molecule has 0 saturated carbocycles. The Morgan fingerprint density at radius 2 is 2.10 bits per heavy atom. The van der Waals surface area contributed by atoms with Crippen molar-refractivity contribution in [2.45, 2.75) is 39.0 Å². The third-order valence-corrected chi connectivity index (χ3v) is 4.35. The molecule has 0 spiro atoms. The highest BCUT2D eigenvalue weighted by atomic mass is 32.1. The minimum absolute atomic E-state index is 0.0801.